The third kappa shape index (κ3) is 5.14. The zero-order valence-electron chi connectivity index (χ0n) is 21.6. The first-order valence-corrected chi connectivity index (χ1v) is 13.5. The van der Waals surface area contributed by atoms with Crippen LogP contribution in [0.4, 0.5) is 15.3 Å². The van der Waals surface area contributed by atoms with Crippen LogP contribution in [0.5, 0.6) is 0 Å². The zero-order chi connectivity index (χ0) is 26.9. The highest BCUT2D eigenvalue weighted by Crippen LogP contribution is 2.30. The number of amides is 3. The smallest absolute Gasteiger partial charge is 0.410 e. The van der Waals surface area contributed by atoms with E-state index in [1.165, 1.54) is 0 Å². The minimum absolute atomic E-state index is 0.0587. The maximum atomic E-state index is 13.3. The van der Waals surface area contributed by atoms with Crippen molar-refractivity contribution in [1.82, 2.24) is 25.0 Å². The minimum atomic E-state index is -0.566. The van der Waals surface area contributed by atoms with Gasteiger partial charge in [-0.1, -0.05) is 41.9 Å². The highest BCUT2D eigenvalue weighted by molar-refractivity contribution is 6.34. The highest BCUT2D eigenvalue weighted by atomic mass is 35.5. The van der Waals surface area contributed by atoms with Crippen molar-refractivity contribution in [2.75, 3.05) is 18.4 Å². The Morgan fingerprint density at radius 2 is 1.95 bits per heavy atom. The van der Waals surface area contributed by atoms with Crippen LogP contribution in [0.2, 0.25) is 5.15 Å². The SMILES string of the molecule is Cc1cc(CC(OC(=O)N2CCC(N3Cc4ccccc4NC3=O)CC2)c2ccccn2)cc2c(Cl)[nH]nc12. The number of para-hydroxylation sites is 1. The molecule has 0 aliphatic carbocycles. The number of carbonyl (C=O) groups is 2. The van der Waals surface area contributed by atoms with Crippen LogP contribution < -0.4 is 5.32 Å². The van der Waals surface area contributed by atoms with Gasteiger partial charge in [-0.3, -0.25) is 10.1 Å². The van der Waals surface area contributed by atoms with Gasteiger partial charge in [-0.25, -0.2) is 9.59 Å². The van der Waals surface area contributed by atoms with Gasteiger partial charge >= 0.3 is 12.1 Å². The van der Waals surface area contributed by atoms with Crippen LogP contribution in [0.25, 0.3) is 10.9 Å². The summed E-state index contributed by atoms with van der Waals surface area (Å²) in [6.07, 6.45) is 2.58. The van der Waals surface area contributed by atoms with Crippen LogP contribution in [0.1, 0.15) is 41.3 Å². The molecule has 6 rings (SSSR count). The van der Waals surface area contributed by atoms with Gasteiger partial charge in [-0.05, 0) is 60.7 Å². The van der Waals surface area contributed by atoms with Gasteiger partial charge in [0.25, 0.3) is 0 Å². The Bertz CT molecular complexity index is 1520. The third-order valence-corrected chi connectivity index (χ3v) is 7.86. The van der Waals surface area contributed by atoms with Gasteiger partial charge in [0.1, 0.15) is 11.3 Å². The standard InChI is InChI=1S/C29H29ClN6O3/c1-18-14-19(15-22-26(18)33-34-27(22)30)16-25(24-8-4-5-11-31-24)39-29(38)35-12-9-21(10-13-35)36-17-20-6-2-3-7-23(20)32-28(36)37/h2-8,11,14-15,21,25H,9-10,12-13,16-17H2,1H3,(H,32,37)(H,33,34). The molecule has 0 saturated carbocycles. The number of fused-ring (bicyclic) bond motifs is 2. The second-order valence-electron chi connectivity index (χ2n) is 10.1. The lowest BCUT2D eigenvalue weighted by atomic mass is 10.0. The predicted molar refractivity (Wildman–Crippen MR) is 149 cm³/mol. The average Bonchev–Trinajstić information content (AvgIpc) is 3.33. The molecule has 10 heteroatoms. The number of nitrogens with one attached hydrogen (secondary N) is 2. The number of carbonyl (C=O) groups excluding carboxylic acids is 2. The van der Waals surface area contributed by atoms with Crippen LogP contribution in [0.3, 0.4) is 0 Å². The molecule has 9 nitrogen and oxygen atoms in total. The Hall–Kier alpha value is -4.11. The summed E-state index contributed by atoms with van der Waals surface area (Å²) >= 11 is 6.31. The van der Waals surface area contributed by atoms with Gasteiger partial charge in [-0.15, -0.1) is 0 Å². The van der Waals surface area contributed by atoms with Crippen molar-refractivity contribution in [3.8, 4) is 0 Å². The van der Waals surface area contributed by atoms with E-state index in [1.54, 1.807) is 11.1 Å². The number of piperidine rings is 1. The van der Waals surface area contributed by atoms with E-state index in [2.05, 4.69) is 20.5 Å². The lowest BCUT2D eigenvalue weighted by Gasteiger charge is -2.40. The molecule has 3 amide bonds. The molecule has 2 N–H and O–H groups in total. The molecule has 2 aromatic carbocycles. The van der Waals surface area contributed by atoms with Crippen molar-refractivity contribution >= 4 is 40.3 Å². The van der Waals surface area contributed by atoms with E-state index in [0.29, 0.717) is 49.7 Å². The Morgan fingerprint density at radius 1 is 1.15 bits per heavy atom. The lowest BCUT2D eigenvalue weighted by molar-refractivity contribution is 0.0463. The molecule has 1 unspecified atom stereocenters. The number of pyridine rings is 1. The summed E-state index contributed by atoms with van der Waals surface area (Å²) in [7, 11) is 0. The van der Waals surface area contributed by atoms with Gasteiger partial charge in [0.15, 0.2) is 0 Å². The predicted octanol–water partition coefficient (Wildman–Crippen LogP) is 5.85. The molecule has 0 spiro atoms. The molecule has 39 heavy (non-hydrogen) atoms. The normalized spacial score (nSPS) is 16.6. The Balaban J connectivity index is 1.14. The fraction of sp³-hybridized carbons (Fsp3) is 0.310. The van der Waals surface area contributed by atoms with Crippen molar-refractivity contribution in [2.45, 2.75) is 44.9 Å². The van der Waals surface area contributed by atoms with E-state index in [-0.39, 0.29) is 18.2 Å². The Morgan fingerprint density at radius 3 is 2.74 bits per heavy atom. The van der Waals surface area contributed by atoms with Crippen LogP contribution in [0.15, 0.2) is 60.8 Å². The summed E-state index contributed by atoms with van der Waals surface area (Å²) in [5, 5.41) is 11.4. The number of anilines is 1. The quantitative estimate of drug-likeness (QED) is 0.328. The molecule has 0 bridgehead atoms. The number of urea groups is 1. The number of halogens is 1. The topological polar surface area (TPSA) is 103 Å². The number of likely N-dealkylation sites (tertiary alicyclic amines) is 1. The minimum Gasteiger partial charge on any atom is -0.439 e. The van der Waals surface area contributed by atoms with E-state index < -0.39 is 6.10 Å². The molecule has 1 saturated heterocycles. The Labute approximate surface area is 231 Å². The number of aromatic nitrogens is 3. The number of rotatable bonds is 5. The number of ether oxygens (including phenoxy) is 1. The first-order valence-electron chi connectivity index (χ1n) is 13.1. The maximum absolute atomic E-state index is 13.3. The van der Waals surface area contributed by atoms with Crippen LogP contribution in [-0.4, -0.2) is 56.2 Å². The number of aryl methyl sites for hydroxylation is 1. The molecule has 200 valence electrons. The first kappa shape index (κ1) is 25.2. The van der Waals surface area contributed by atoms with Crippen molar-refractivity contribution in [1.29, 1.82) is 0 Å². The molecule has 2 aromatic heterocycles. The van der Waals surface area contributed by atoms with Gasteiger partial charge in [0, 0.05) is 49.4 Å². The summed E-state index contributed by atoms with van der Waals surface area (Å²) in [5.74, 6) is 0. The number of hydrogen-bond donors (Lipinski definition) is 2. The monoisotopic (exact) mass is 544 g/mol. The van der Waals surface area contributed by atoms with Crippen LogP contribution in [-0.2, 0) is 17.7 Å². The second-order valence-corrected chi connectivity index (χ2v) is 10.5. The molecule has 2 aliphatic rings. The summed E-state index contributed by atoms with van der Waals surface area (Å²) in [5.41, 5.74) is 5.43. The first-order chi connectivity index (χ1) is 19.0. The van der Waals surface area contributed by atoms with Crippen molar-refractivity contribution in [2.24, 2.45) is 0 Å². The fourth-order valence-electron chi connectivity index (χ4n) is 5.51. The molecule has 4 aromatic rings. The maximum Gasteiger partial charge on any atom is 0.410 e. The zero-order valence-corrected chi connectivity index (χ0v) is 22.3. The van der Waals surface area contributed by atoms with E-state index in [9.17, 15) is 9.59 Å². The van der Waals surface area contributed by atoms with Gasteiger partial charge in [0.05, 0.1) is 11.2 Å². The number of hydrogen-bond acceptors (Lipinski definition) is 5. The molecule has 0 radical (unpaired) electrons. The van der Waals surface area contributed by atoms with E-state index >= 15 is 0 Å². The molecular weight excluding hydrogens is 516 g/mol. The van der Waals surface area contributed by atoms with Gasteiger partial charge in [0.2, 0.25) is 0 Å². The van der Waals surface area contributed by atoms with Crippen LogP contribution in [0, 0.1) is 6.92 Å². The Kier molecular flexibility index (Phi) is 6.83. The number of nitrogens with zero attached hydrogens (tertiary/aromatic N) is 4. The number of H-pyrrole nitrogens is 1. The van der Waals surface area contributed by atoms with Crippen molar-refractivity contribution in [3.05, 3.63) is 88.3 Å². The number of benzene rings is 2. The third-order valence-electron chi connectivity index (χ3n) is 7.57. The lowest BCUT2D eigenvalue weighted by Crippen LogP contribution is -2.51. The van der Waals surface area contributed by atoms with Crippen molar-refractivity contribution in [3.63, 3.8) is 0 Å². The van der Waals surface area contributed by atoms with E-state index in [1.807, 2.05) is 66.4 Å². The summed E-state index contributed by atoms with van der Waals surface area (Å²) in [4.78, 5) is 34.1. The molecule has 1 atom stereocenters. The van der Waals surface area contributed by atoms with Crippen LogP contribution >= 0.6 is 11.6 Å². The molecular formula is C29H29ClN6O3. The van der Waals surface area contributed by atoms with Gasteiger partial charge < -0.3 is 19.9 Å². The number of aromatic amines is 1. The van der Waals surface area contributed by atoms with E-state index in [4.69, 9.17) is 16.3 Å². The summed E-state index contributed by atoms with van der Waals surface area (Å²) in [6.45, 7) is 3.58. The fourth-order valence-corrected chi connectivity index (χ4v) is 5.70. The second kappa shape index (κ2) is 10.6. The van der Waals surface area contributed by atoms with Gasteiger partial charge in [-0.2, -0.15) is 5.10 Å². The average molecular weight is 545 g/mol. The molecule has 1 fully saturated rings. The molecule has 4 heterocycles. The van der Waals surface area contributed by atoms with Crippen molar-refractivity contribution < 1.29 is 14.3 Å². The molecule has 2 aliphatic heterocycles. The summed E-state index contributed by atoms with van der Waals surface area (Å²) < 4.78 is 6.07. The van der Waals surface area contributed by atoms with E-state index in [0.717, 1.165) is 33.3 Å². The summed E-state index contributed by atoms with van der Waals surface area (Å²) in [6, 6.07) is 17.4. The highest BCUT2D eigenvalue weighted by Gasteiger charge is 2.33. The largest absolute Gasteiger partial charge is 0.439 e.